The van der Waals surface area contributed by atoms with E-state index in [1.165, 1.54) is 12.8 Å². The number of amides is 1. The van der Waals surface area contributed by atoms with Crippen LogP contribution in [0.25, 0.3) is 0 Å². The molecular weight excluding hydrogens is 214 g/mol. The third kappa shape index (κ3) is 6.64. The van der Waals surface area contributed by atoms with Crippen LogP contribution >= 0.6 is 0 Å². The van der Waals surface area contributed by atoms with Gasteiger partial charge in [0.05, 0.1) is 0 Å². The van der Waals surface area contributed by atoms with Gasteiger partial charge in [-0.1, -0.05) is 20.3 Å². The van der Waals surface area contributed by atoms with Gasteiger partial charge < -0.3 is 16.4 Å². The zero-order valence-corrected chi connectivity index (χ0v) is 11.2. The predicted octanol–water partition coefficient (Wildman–Crippen LogP) is 1.01. The zero-order valence-electron chi connectivity index (χ0n) is 11.2. The van der Waals surface area contributed by atoms with Crippen LogP contribution < -0.4 is 16.4 Å². The van der Waals surface area contributed by atoms with E-state index < -0.39 is 0 Å². The van der Waals surface area contributed by atoms with E-state index >= 15 is 0 Å². The van der Waals surface area contributed by atoms with E-state index in [2.05, 4.69) is 24.5 Å². The van der Waals surface area contributed by atoms with Gasteiger partial charge in [-0.2, -0.15) is 0 Å². The van der Waals surface area contributed by atoms with E-state index in [1.54, 1.807) is 0 Å². The molecule has 1 aliphatic carbocycles. The molecule has 0 aromatic heterocycles. The van der Waals surface area contributed by atoms with Gasteiger partial charge in [0.2, 0.25) is 5.91 Å². The minimum absolute atomic E-state index is 0.145. The molecule has 4 heteroatoms. The first-order valence-corrected chi connectivity index (χ1v) is 6.83. The van der Waals surface area contributed by atoms with Crippen molar-refractivity contribution in [1.29, 1.82) is 0 Å². The second-order valence-electron chi connectivity index (χ2n) is 5.53. The van der Waals surface area contributed by atoms with Gasteiger partial charge in [0.1, 0.15) is 0 Å². The lowest BCUT2D eigenvalue weighted by Gasteiger charge is -2.27. The lowest BCUT2D eigenvalue weighted by molar-refractivity contribution is -0.121. The van der Waals surface area contributed by atoms with Crippen LogP contribution in [0.2, 0.25) is 0 Å². The highest BCUT2D eigenvalue weighted by Gasteiger charge is 2.18. The van der Waals surface area contributed by atoms with Crippen molar-refractivity contribution in [3.8, 4) is 0 Å². The molecule has 2 unspecified atom stereocenters. The molecule has 4 N–H and O–H groups in total. The van der Waals surface area contributed by atoms with Crippen molar-refractivity contribution >= 4 is 5.91 Å². The molecule has 100 valence electrons. The van der Waals surface area contributed by atoms with Crippen LogP contribution in [0.5, 0.6) is 0 Å². The normalized spacial score (nSPS) is 24.9. The van der Waals surface area contributed by atoms with Crippen molar-refractivity contribution in [2.75, 3.05) is 13.1 Å². The van der Waals surface area contributed by atoms with Gasteiger partial charge in [0, 0.05) is 31.6 Å². The number of carbonyl (C=O) groups is 1. The highest BCUT2D eigenvalue weighted by Crippen LogP contribution is 2.16. The number of carbonyl (C=O) groups excluding carboxylic acids is 1. The Bertz CT molecular complexity index is 231. The SMILES string of the molecule is CC(C)CNC(=O)CCNC1CCCC(N)C1. The smallest absolute Gasteiger partial charge is 0.221 e. The van der Waals surface area contributed by atoms with Gasteiger partial charge in [-0.05, 0) is 25.2 Å². The molecule has 0 bridgehead atoms. The Balaban J connectivity index is 2.04. The lowest BCUT2D eigenvalue weighted by Crippen LogP contribution is -2.41. The molecule has 0 aliphatic heterocycles. The summed E-state index contributed by atoms with van der Waals surface area (Å²) < 4.78 is 0. The Hall–Kier alpha value is -0.610. The molecule has 2 atom stereocenters. The summed E-state index contributed by atoms with van der Waals surface area (Å²) in [7, 11) is 0. The van der Waals surface area contributed by atoms with Gasteiger partial charge in [0.15, 0.2) is 0 Å². The van der Waals surface area contributed by atoms with Gasteiger partial charge >= 0.3 is 0 Å². The molecule has 4 nitrogen and oxygen atoms in total. The van der Waals surface area contributed by atoms with E-state index in [9.17, 15) is 4.79 Å². The van der Waals surface area contributed by atoms with Crippen molar-refractivity contribution in [1.82, 2.24) is 10.6 Å². The van der Waals surface area contributed by atoms with E-state index in [0.29, 0.717) is 24.4 Å². The summed E-state index contributed by atoms with van der Waals surface area (Å²) in [6, 6.07) is 0.854. The first-order valence-electron chi connectivity index (χ1n) is 6.83. The van der Waals surface area contributed by atoms with Gasteiger partial charge in [-0.15, -0.1) is 0 Å². The third-order valence-electron chi connectivity index (χ3n) is 3.21. The number of nitrogens with one attached hydrogen (secondary N) is 2. The van der Waals surface area contributed by atoms with Crippen LogP contribution in [0.15, 0.2) is 0 Å². The number of hydrogen-bond acceptors (Lipinski definition) is 3. The Morgan fingerprint density at radius 1 is 1.41 bits per heavy atom. The Kier molecular flexibility index (Phi) is 6.52. The maximum atomic E-state index is 11.5. The van der Waals surface area contributed by atoms with Crippen molar-refractivity contribution in [3.63, 3.8) is 0 Å². The predicted molar refractivity (Wildman–Crippen MR) is 70.7 cm³/mol. The fourth-order valence-electron chi connectivity index (χ4n) is 2.21. The molecule has 0 saturated heterocycles. The number of hydrogen-bond donors (Lipinski definition) is 3. The minimum atomic E-state index is 0.145. The van der Waals surface area contributed by atoms with Gasteiger partial charge in [0.25, 0.3) is 0 Å². The van der Waals surface area contributed by atoms with Crippen molar-refractivity contribution in [3.05, 3.63) is 0 Å². The molecule has 1 amide bonds. The van der Waals surface area contributed by atoms with Crippen molar-refractivity contribution in [2.45, 2.75) is 58.0 Å². The number of rotatable bonds is 6. The quantitative estimate of drug-likeness (QED) is 0.650. The summed E-state index contributed by atoms with van der Waals surface area (Å²) in [6.45, 7) is 5.73. The summed E-state index contributed by atoms with van der Waals surface area (Å²) >= 11 is 0. The van der Waals surface area contributed by atoms with Crippen LogP contribution in [0, 0.1) is 5.92 Å². The maximum Gasteiger partial charge on any atom is 0.221 e. The fraction of sp³-hybridized carbons (Fsp3) is 0.923. The molecule has 1 rings (SSSR count). The van der Waals surface area contributed by atoms with Crippen LogP contribution in [-0.4, -0.2) is 31.1 Å². The van der Waals surface area contributed by atoms with E-state index in [1.807, 2.05) is 0 Å². The monoisotopic (exact) mass is 241 g/mol. The molecule has 0 aromatic carbocycles. The fourth-order valence-corrected chi connectivity index (χ4v) is 2.21. The molecule has 0 aromatic rings. The molecule has 1 aliphatic rings. The van der Waals surface area contributed by atoms with E-state index in [-0.39, 0.29) is 5.91 Å². The number of nitrogens with two attached hydrogens (primary N) is 1. The Labute approximate surface area is 105 Å². The largest absolute Gasteiger partial charge is 0.356 e. The third-order valence-corrected chi connectivity index (χ3v) is 3.21. The van der Waals surface area contributed by atoms with Crippen LogP contribution in [0.3, 0.4) is 0 Å². The van der Waals surface area contributed by atoms with Crippen LogP contribution in [0.1, 0.15) is 46.0 Å². The zero-order chi connectivity index (χ0) is 12.7. The molecular formula is C13H27N3O. The second-order valence-corrected chi connectivity index (χ2v) is 5.53. The molecule has 0 radical (unpaired) electrons. The van der Waals surface area contributed by atoms with Crippen LogP contribution in [-0.2, 0) is 4.79 Å². The molecule has 1 fully saturated rings. The summed E-state index contributed by atoms with van der Waals surface area (Å²) in [6.07, 6.45) is 5.17. The molecule has 0 spiro atoms. The van der Waals surface area contributed by atoms with E-state index in [0.717, 1.165) is 25.9 Å². The summed E-state index contributed by atoms with van der Waals surface area (Å²) in [5.74, 6) is 0.662. The van der Waals surface area contributed by atoms with E-state index in [4.69, 9.17) is 5.73 Å². The molecule has 17 heavy (non-hydrogen) atoms. The molecule has 0 heterocycles. The highest BCUT2D eigenvalue weighted by molar-refractivity contribution is 5.76. The topological polar surface area (TPSA) is 67.2 Å². The Morgan fingerprint density at radius 2 is 2.18 bits per heavy atom. The summed E-state index contributed by atoms with van der Waals surface area (Å²) in [5.41, 5.74) is 5.92. The van der Waals surface area contributed by atoms with Gasteiger partial charge in [-0.25, -0.2) is 0 Å². The lowest BCUT2D eigenvalue weighted by atomic mass is 9.91. The maximum absolute atomic E-state index is 11.5. The average molecular weight is 241 g/mol. The molecule has 1 saturated carbocycles. The first kappa shape index (κ1) is 14.5. The first-order chi connectivity index (χ1) is 8.08. The van der Waals surface area contributed by atoms with Crippen molar-refractivity contribution in [2.24, 2.45) is 11.7 Å². The summed E-state index contributed by atoms with van der Waals surface area (Å²) in [4.78, 5) is 11.5. The van der Waals surface area contributed by atoms with Crippen LogP contribution in [0.4, 0.5) is 0 Å². The van der Waals surface area contributed by atoms with Gasteiger partial charge in [-0.3, -0.25) is 4.79 Å². The summed E-state index contributed by atoms with van der Waals surface area (Å²) in [5, 5.41) is 6.35. The minimum Gasteiger partial charge on any atom is -0.356 e. The standard InChI is InChI=1S/C13H27N3O/c1-10(2)9-16-13(17)6-7-15-12-5-3-4-11(14)8-12/h10-12,15H,3-9,14H2,1-2H3,(H,16,17). The Morgan fingerprint density at radius 3 is 2.82 bits per heavy atom. The average Bonchev–Trinajstić information content (AvgIpc) is 2.26. The van der Waals surface area contributed by atoms with Crippen molar-refractivity contribution < 1.29 is 4.79 Å². The second kappa shape index (κ2) is 7.67. The highest BCUT2D eigenvalue weighted by atomic mass is 16.1.